The maximum atomic E-state index is 11.5. The van der Waals surface area contributed by atoms with Crippen molar-refractivity contribution in [2.24, 2.45) is 0 Å². The molecule has 0 spiro atoms. The molecule has 0 aromatic heterocycles. The van der Waals surface area contributed by atoms with Gasteiger partial charge in [-0.25, -0.2) is 8.42 Å². The summed E-state index contributed by atoms with van der Waals surface area (Å²) in [4.78, 5) is 2.38. The van der Waals surface area contributed by atoms with E-state index in [0.29, 0.717) is 6.42 Å². The second kappa shape index (κ2) is 8.19. The Labute approximate surface area is 117 Å². The summed E-state index contributed by atoms with van der Waals surface area (Å²) < 4.78 is 28.8. The first-order chi connectivity index (χ1) is 9.02. The van der Waals surface area contributed by atoms with Gasteiger partial charge in [-0.3, -0.25) is 4.90 Å². The van der Waals surface area contributed by atoms with Gasteiger partial charge in [-0.2, -0.15) is 0 Å². The Balaban J connectivity index is 2.40. The molecule has 0 amide bonds. The van der Waals surface area contributed by atoms with E-state index < -0.39 is 9.84 Å². The van der Waals surface area contributed by atoms with E-state index >= 15 is 0 Å². The molecule has 0 bridgehead atoms. The predicted molar refractivity (Wildman–Crippen MR) is 78.3 cm³/mol. The molecule has 0 radical (unpaired) electrons. The van der Waals surface area contributed by atoms with Gasteiger partial charge in [0.2, 0.25) is 0 Å². The molecule has 1 saturated heterocycles. The third-order valence-corrected chi connectivity index (χ3v) is 5.65. The zero-order valence-corrected chi connectivity index (χ0v) is 13.2. The number of rotatable bonds is 8. The third kappa shape index (κ3) is 5.77. The third-order valence-electron chi connectivity index (χ3n) is 3.85. The molecule has 2 unspecified atom stereocenters. The SMILES string of the molecule is CCN1CCOC(C(CCCS(=O)(=O)CC)NC)C1. The number of likely N-dealkylation sites (N-methyl/N-ethyl adjacent to an activating group) is 2. The van der Waals surface area contributed by atoms with E-state index in [0.717, 1.165) is 32.7 Å². The zero-order valence-electron chi connectivity index (χ0n) is 12.4. The highest BCUT2D eigenvalue weighted by molar-refractivity contribution is 7.91. The molecule has 114 valence electrons. The van der Waals surface area contributed by atoms with Crippen molar-refractivity contribution >= 4 is 9.84 Å². The molecule has 0 saturated carbocycles. The van der Waals surface area contributed by atoms with Crippen molar-refractivity contribution in [3.05, 3.63) is 0 Å². The molecule has 1 heterocycles. The molecular formula is C13H28N2O3S. The molecule has 1 fully saturated rings. The Kier molecular flexibility index (Phi) is 7.28. The van der Waals surface area contributed by atoms with Gasteiger partial charge in [0.1, 0.15) is 9.84 Å². The fourth-order valence-electron chi connectivity index (χ4n) is 2.45. The highest BCUT2D eigenvalue weighted by Crippen LogP contribution is 2.13. The summed E-state index contributed by atoms with van der Waals surface area (Å²) in [6.45, 7) is 7.60. The highest BCUT2D eigenvalue weighted by Gasteiger charge is 2.26. The van der Waals surface area contributed by atoms with Crippen molar-refractivity contribution in [2.75, 3.05) is 44.8 Å². The van der Waals surface area contributed by atoms with Crippen molar-refractivity contribution in [1.82, 2.24) is 10.2 Å². The molecule has 1 N–H and O–H groups in total. The topological polar surface area (TPSA) is 58.6 Å². The number of hydrogen-bond acceptors (Lipinski definition) is 5. The lowest BCUT2D eigenvalue weighted by atomic mass is 10.0. The van der Waals surface area contributed by atoms with Gasteiger partial charge in [-0.1, -0.05) is 13.8 Å². The Morgan fingerprint density at radius 1 is 1.42 bits per heavy atom. The van der Waals surface area contributed by atoms with Crippen molar-refractivity contribution in [3.8, 4) is 0 Å². The van der Waals surface area contributed by atoms with E-state index in [1.807, 2.05) is 7.05 Å². The molecule has 1 aliphatic heterocycles. The molecule has 19 heavy (non-hydrogen) atoms. The lowest BCUT2D eigenvalue weighted by Gasteiger charge is -2.36. The zero-order chi connectivity index (χ0) is 14.3. The second-order valence-corrected chi connectivity index (χ2v) is 7.55. The summed E-state index contributed by atoms with van der Waals surface area (Å²) in [5.41, 5.74) is 0. The van der Waals surface area contributed by atoms with Gasteiger partial charge in [-0.15, -0.1) is 0 Å². The Morgan fingerprint density at radius 2 is 2.16 bits per heavy atom. The number of ether oxygens (including phenoxy) is 1. The van der Waals surface area contributed by atoms with Crippen LogP contribution < -0.4 is 5.32 Å². The van der Waals surface area contributed by atoms with Crippen molar-refractivity contribution in [2.45, 2.75) is 38.8 Å². The van der Waals surface area contributed by atoms with E-state index in [9.17, 15) is 8.42 Å². The van der Waals surface area contributed by atoms with Crippen molar-refractivity contribution in [3.63, 3.8) is 0 Å². The van der Waals surface area contributed by atoms with Gasteiger partial charge in [0.25, 0.3) is 0 Å². The summed E-state index contributed by atoms with van der Waals surface area (Å²) >= 11 is 0. The summed E-state index contributed by atoms with van der Waals surface area (Å²) in [7, 11) is -0.925. The molecular weight excluding hydrogens is 264 g/mol. The summed E-state index contributed by atoms with van der Waals surface area (Å²) in [6, 6.07) is 0.237. The maximum absolute atomic E-state index is 11.5. The van der Waals surface area contributed by atoms with Crippen LogP contribution in [0.1, 0.15) is 26.7 Å². The molecule has 5 nitrogen and oxygen atoms in total. The van der Waals surface area contributed by atoms with Crippen LogP contribution in [0.15, 0.2) is 0 Å². The van der Waals surface area contributed by atoms with E-state index in [4.69, 9.17) is 4.74 Å². The van der Waals surface area contributed by atoms with Crippen LogP contribution in [0.25, 0.3) is 0 Å². The van der Waals surface area contributed by atoms with E-state index in [2.05, 4.69) is 17.1 Å². The molecule has 6 heteroatoms. The van der Waals surface area contributed by atoms with Crippen LogP contribution in [0.4, 0.5) is 0 Å². The lowest BCUT2D eigenvalue weighted by Crippen LogP contribution is -2.51. The fourth-order valence-corrected chi connectivity index (χ4v) is 3.34. The number of hydrogen-bond donors (Lipinski definition) is 1. The van der Waals surface area contributed by atoms with Crippen LogP contribution in [0.2, 0.25) is 0 Å². The van der Waals surface area contributed by atoms with Crippen LogP contribution in [0, 0.1) is 0 Å². The van der Waals surface area contributed by atoms with Crippen LogP contribution in [0.3, 0.4) is 0 Å². The predicted octanol–water partition coefficient (Wildman–Crippen LogP) is 0.510. The number of sulfone groups is 1. The summed E-state index contributed by atoms with van der Waals surface area (Å²) in [6.07, 6.45) is 1.72. The minimum atomic E-state index is -2.85. The van der Waals surface area contributed by atoms with Crippen LogP contribution in [0.5, 0.6) is 0 Å². The Morgan fingerprint density at radius 3 is 2.74 bits per heavy atom. The number of nitrogens with one attached hydrogen (secondary N) is 1. The van der Waals surface area contributed by atoms with Crippen LogP contribution in [-0.4, -0.2) is 70.3 Å². The maximum Gasteiger partial charge on any atom is 0.150 e. The van der Waals surface area contributed by atoms with Gasteiger partial charge >= 0.3 is 0 Å². The quantitative estimate of drug-likeness (QED) is 0.706. The smallest absolute Gasteiger partial charge is 0.150 e. The first kappa shape index (κ1) is 16.9. The van der Waals surface area contributed by atoms with Gasteiger partial charge in [0.15, 0.2) is 0 Å². The molecule has 0 aromatic carbocycles. The largest absolute Gasteiger partial charge is 0.374 e. The van der Waals surface area contributed by atoms with Gasteiger partial charge < -0.3 is 10.1 Å². The first-order valence-electron chi connectivity index (χ1n) is 7.24. The normalized spacial score (nSPS) is 23.4. The van der Waals surface area contributed by atoms with Crippen LogP contribution in [-0.2, 0) is 14.6 Å². The molecule has 2 atom stereocenters. The fraction of sp³-hybridized carbons (Fsp3) is 1.00. The minimum Gasteiger partial charge on any atom is -0.374 e. The minimum absolute atomic E-state index is 0.169. The first-order valence-corrected chi connectivity index (χ1v) is 9.06. The second-order valence-electron chi connectivity index (χ2n) is 5.08. The highest BCUT2D eigenvalue weighted by atomic mass is 32.2. The molecule has 0 aromatic rings. The standard InChI is InChI=1S/C13H28N2O3S/c1-4-15-8-9-18-13(11-15)12(14-3)7-6-10-19(16,17)5-2/h12-14H,4-11H2,1-3H3. The van der Waals surface area contributed by atoms with Crippen molar-refractivity contribution < 1.29 is 13.2 Å². The average Bonchev–Trinajstić information content (AvgIpc) is 2.43. The molecule has 1 aliphatic rings. The summed E-state index contributed by atoms with van der Waals surface area (Å²) in [5.74, 6) is 0.520. The van der Waals surface area contributed by atoms with E-state index in [-0.39, 0.29) is 23.7 Å². The van der Waals surface area contributed by atoms with Gasteiger partial charge in [0.05, 0.1) is 18.5 Å². The monoisotopic (exact) mass is 292 g/mol. The lowest BCUT2D eigenvalue weighted by molar-refractivity contribution is -0.0450. The Hall–Kier alpha value is -0.170. The molecule has 1 rings (SSSR count). The van der Waals surface area contributed by atoms with Gasteiger partial charge in [-0.05, 0) is 26.4 Å². The van der Waals surface area contributed by atoms with E-state index in [1.54, 1.807) is 6.92 Å². The van der Waals surface area contributed by atoms with E-state index in [1.165, 1.54) is 0 Å². The number of nitrogens with zero attached hydrogens (tertiary/aromatic N) is 1. The number of morpholine rings is 1. The molecule has 0 aliphatic carbocycles. The van der Waals surface area contributed by atoms with Crippen LogP contribution >= 0.6 is 0 Å². The summed E-state index contributed by atoms with van der Waals surface area (Å²) in [5, 5.41) is 3.27. The average molecular weight is 292 g/mol. The van der Waals surface area contributed by atoms with Crippen molar-refractivity contribution in [1.29, 1.82) is 0 Å². The van der Waals surface area contributed by atoms with Gasteiger partial charge in [0, 0.05) is 24.9 Å². The Bertz CT molecular complexity index is 346.